The molecule has 1 amide bonds. The van der Waals surface area contributed by atoms with E-state index in [2.05, 4.69) is 10.5 Å². The van der Waals surface area contributed by atoms with Gasteiger partial charge in [0.2, 0.25) is 0 Å². The molecular weight excluding hydrogens is 379 g/mol. The Morgan fingerprint density at radius 1 is 1.12 bits per heavy atom. The molecule has 8 heteroatoms. The molecule has 26 heavy (non-hydrogen) atoms. The number of nitrogens with zero attached hydrogens (tertiary/aromatic N) is 1. The Morgan fingerprint density at radius 2 is 1.88 bits per heavy atom. The number of methoxy groups -OCH3 is 2. The minimum Gasteiger partial charge on any atom is -0.493 e. The molecule has 138 valence electrons. The summed E-state index contributed by atoms with van der Waals surface area (Å²) in [4.78, 5) is 16.8. The van der Waals surface area contributed by atoms with Crippen LogP contribution in [0.5, 0.6) is 11.5 Å². The van der Waals surface area contributed by atoms with Crippen LogP contribution < -0.4 is 14.8 Å². The van der Waals surface area contributed by atoms with E-state index in [1.807, 2.05) is 0 Å². The molecule has 0 saturated heterocycles. The first-order chi connectivity index (χ1) is 12.5. The molecule has 2 rings (SSSR count). The van der Waals surface area contributed by atoms with Crippen molar-refractivity contribution in [2.75, 3.05) is 20.8 Å². The average Bonchev–Trinajstić information content (AvgIpc) is 2.64. The van der Waals surface area contributed by atoms with Gasteiger partial charge in [0.25, 0.3) is 5.91 Å². The third-order valence-corrected chi connectivity index (χ3v) is 3.96. The molecule has 0 spiro atoms. The van der Waals surface area contributed by atoms with Gasteiger partial charge in [0.15, 0.2) is 18.1 Å². The van der Waals surface area contributed by atoms with Gasteiger partial charge in [-0.05, 0) is 35.9 Å². The number of ether oxygens (including phenoxy) is 2. The van der Waals surface area contributed by atoms with Crippen LogP contribution in [0.1, 0.15) is 11.1 Å². The third-order valence-electron chi connectivity index (χ3n) is 3.37. The number of benzene rings is 2. The summed E-state index contributed by atoms with van der Waals surface area (Å²) in [5.74, 6) is 0.875. The normalized spacial score (nSPS) is 10.6. The summed E-state index contributed by atoms with van der Waals surface area (Å²) in [6, 6.07) is 10.4. The first-order valence-corrected chi connectivity index (χ1v) is 8.37. The van der Waals surface area contributed by atoms with E-state index in [0.29, 0.717) is 21.5 Å². The van der Waals surface area contributed by atoms with Crippen LogP contribution in [-0.4, -0.2) is 32.9 Å². The van der Waals surface area contributed by atoms with E-state index >= 15 is 0 Å². The van der Waals surface area contributed by atoms with Crippen molar-refractivity contribution in [3.05, 3.63) is 57.6 Å². The molecule has 0 bridgehead atoms. The molecule has 0 unspecified atom stereocenters. The van der Waals surface area contributed by atoms with Crippen LogP contribution in [0.4, 0.5) is 0 Å². The lowest BCUT2D eigenvalue weighted by molar-refractivity contribution is -0.125. The Labute approximate surface area is 161 Å². The molecule has 0 radical (unpaired) electrons. The summed E-state index contributed by atoms with van der Waals surface area (Å²) in [5, 5.41) is 7.49. The van der Waals surface area contributed by atoms with Crippen LogP contribution in [0, 0.1) is 0 Å². The van der Waals surface area contributed by atoms with Crippen molar-refractivity contribution in [2.24, 2.45) is 5.16 Å². The van der Waals surface area contributed by atoms with E-state index in [-0.39, 0.29) is 19.1 Å². The summed E-state index contributed by atoms with van der Waals surface area (Å²) < 4.78 is 10.4. The zero-order valence-electron chi connectivity index (χ0n) is 14.3. The summed E-state index contributed by atoms with van der Waals surface area (Å²) in [5.41, 5.74) is 1.51. The van der Waals surface area contributed by atoms with Gasteiger partial charge in [0.1, 0.15) is 0 Å². The van der Waals surface area contributed by atoms with Crippen LogP contribution >= 0.6 is 23.2 Å². The number of hydrogen-bond donors (Lipinski definition) is 1. The fraction of sp³-hybridized carbons (Fsp3) is 0.222. The van der Waals surface area contributed by atoms with Crippen LogP contribution in [0.15, 0.2) is 41.6 Å². The number of carbonyl (C=O) groups excluding carboxylic acids is 1. The Morgan fingerprint density at radius 3 is 2.58 bits per heavy atom. The quantitative estimate of drug-likeness (QED) is 0.545. The van der Waals surface area contributed by atoms with Gasteiger partial charge in [-0.1, -0.05) is 34.4 Å². The zero-order valence-corrected chi connectivity index (χ0v) is 15.8. The zero-order chi connectivity index (χ0) is 18.9. The molecule has 1 N–H and O–H groups in total. The molecule has 0 aliphatic heterocycles. The fourth-order valence-corrected chi connectivity index (χ4v) is 2.51. The topological polar surface area (TPSA) is 69.2 Å². The second-order valence-electron chi connectivity index (χ2n) is 5.13. The molecule has 6 nitrogen and oxygen atoms in total. The molecule has 0 aromatic heterocycles. The molecule has 0 aliphatic carbocycles. The highest BCUT2D eigenvalue weighted by atomic mass is 35.5. The predicted molar refractivity (Wildman–Crippen MR) is 101 cm³/mol. The molecule has 2 aromatic rings. The second kappa shape index (κ2) is 9.89. The number of hydrogen-bond acceptors (Lipinski definition) is 5. The van der Waals surface area contributed by atoms with Gasteiger partial charge < -0.3 is 19.6 Å². The maximum atomic E-state index is 11.8. The standard InChI is InChI=1S/C18H18Cl2N2O4/c1-24-16-6-3-12(7-17(16)25-2)9-22-26-11-18(23)21-10-13-4-5-14(19)8-15(13)20/h3-9H,10-11H2,1-2H3,(H,21,23)/b22-9-. The largest absolute Gasteiger partial charge is 0.493 e. The SMILES string of the molecule is COc1ccc(/C=N\OCC(=O)NCc2ccc(Cl)cc2Cl)cc1OC. The smallest absolute Gasteiger partial charge is 0.261 e. The van der Waals surface area contributed by atoms with Gasteiger partial charge in [0.05, 0.1) is 20.4 Å². The van der Waals surface area contributed by atoms with Crippen molar-refractivity contribution in [3.63, 3.8) is 0 Å². The van der Waals surface area contributed by atoms with Crippen molar-refractivity contribution in [3.8, 4) is 11.5 Å². The molecular formula is C18H18Cl2N2O4. The van der Waals surface area contributed by atoms with E-state index in [0.717, 1.165) is 11.1 Å². The van der Waals surface area contributed by atoms with Gasteiger partial charge in [0, 0.05) is 22.2 Å². The lowest BCUT2D eigenvalue weighted by atomic mass is 10.2. The summed E-state index contributed by atoms with van der Waals surface area (Å²) >= 11 is 11.9. The predicted octanol–water partition coefficient (Wildman–Crippen LogP) is 3.68. The fourth-order valence-electron chi connectivity index (χ4n) is 2.04. The third kappa shape index (κ3) is 5.82. The number of nitrogens with one attached hydrogen (secondary N) is 1. The van der Waals surface area contributed by atoms with Gasteiger partial charge in [-0.3, -0.25) is 4.79 Å². The van der Waals surface area contributed by atoms with Crippen molar-refractivity contribution >= 4 is 35.3 Å². The summed E-state index contributed by atoms with van der Waals surface area (Å²) in [6.45, 7) is 0.0621. The van der Waals surface area contributed by atoms with Crippen LogP contribution in [0.2, 0.25) is 10.0 Å². The van der Waals surface area contributed by atoms with Crippen LogP contribution in [0.3, 0.4) is 0 Å². The molecule has 0 atom stereocenters. The number of carbonyl (C=O) groups is 1. The van der Waals surface area contributed by atoms with Crippen molar-refractivity contribution in [1.29, 1.82) is 0 Å². The first kappa shape index (κ1) is 19.9. The Balaban J connectivity index is 1.79. The minimum absolute atomic E-state index is 0.213. The monoisotopic (exact) mass is 396 g/mol. The molecule has 0 saturated carbocycles. The highest BCUT2D eigenvalue weighted by molar-refractivity contribution is 6.35. The molecule has 2 aromatic carbocycles. The van der Waals surface area contributed by atoms with E-state index in [1.165, 1.54) is 6.21 Å². The second-order valence-corrected chi connectivity index (χ2v) is 5.98. The number of oxime groups is 1. The van der Waals surface area contributed by atoms with E-state index < -0.39 is 0 Å². The minimum atomic E-state index is -0.319. The van der Waals surface area contributed by atoms with Crippen molar-refractivity contribution in [1.82, 2.24) is 5.32 Å². The number of amides is 1. The van der Waals surface area contributed by atoms with Crippen molar-refractivity contribution < 1.29 is 19.1 Å². The number of halogens is 2. The van der Waals surface area contributed by atoms with E-state index in [4.69, 9.17) is 37.5 Å². The first-order valence-electron chi connectivity index (χ1n) is 7.61. The molecule has 0 heterocycles. The highest BCUT2D eigenvalue weighted by Gasteiger charge is 2.06. The average molecular weight is 397 g/mol. The van der Waals surface area contributed by atoms with Crippen molar-refractivity contribution in [2.45, 2.75) is 6.54 Å². The highest BCUT2D eigenvalue weighted by Crippen LogP contribution is 2.26. The van der Waals surface area contributed by atoms with E-state index in [9.17, 15) is 4.79 Å². The van der Waals surface area contributed by atoms with Gasteiger partial charge >= 0.3 is 0 Å². The Bertz CT molecular complexity index is 797. The summed E-state index contributed by atoms with van der Waals surface area (Å²) in [6.07, 6.45) is 1.48. The maximum Gasteiger partial charge on any atom is 0.261 e. The van der Waals surface area contributed by atoms with Gasteiger partial charge in [-0.15, -0.1) is 0 Å². The maximum absolute atomic E-state index is 11.8. The Kier molecular flexibility index (Phi) is 7.56. The lowest BCUT2D eigenvalue weighted by Crippen LogP contribution is -2.26. The lowest BCUT2D eigenvalue weighted by Gasteiger charge is -2.07. The van der Waals surface area contributed by atoms with Gasteiger partial charge in [-0.25, -0.2) is 0 Å². The Hall–Kier alpha value is -2.44. The molecule has 0 fully saturated rings. The summed E-state index contributed by atoms with van der Waals surface area (Å²) in [7, 11) is 3.11. The van der Waals surface area contributed by atoms with E-state index in [1.54, 1.807) is 50.6 Å². The molecule has 0 aliphatic rings. The van der Waals surface area contributed by atoms with Crippen LogP contribution in [-0.2, 0) is 16.2 Å². The van der Waals surface area contributed by atoms with Crippen LogP contribution in [0.25, 0.3) is 0 Å². The number of rotatable bonds is 8. The van der Waals surface area contributed by atoms with Gasteiger partial charge in [-0.2, -0.15) is 0 Å².